The highest BCUT2D eigenvalue weighted by Crippen LogP contribution is 2.21. The normalized spacial score (nSPS) is 24.1. The lowest BCUT2D eigenvalue weighted by Crippen LogP contribution is -2.36. The molecule has 1 saturated heterocycles. The highest BCUT2D eigenvalue weighted by molar-refractivity contribution is 5.76. The fourth-order valence-corrected chi connectivity index (χ4v) is 3.23. The zero-order valence-corrected chi connectivity index (χ0v) is 11.8. The van der Waals surface area contributed by atoms with Crippen molar-refractivity contribution in [3.63, 3.8) is 0 Å². The third-order valence-electron chi connectivity index (χ3n) is 4.59. The number of nitrogens with one attached hydrogen (secondary N) is 1. The number of nitrogens with zero attached hydrogens (tertiary/aromatic N) is 1. The van der Waals surface area contributed by atoms with Gasteiger partial charge in [-0.15, -0.1) is 0 Å². The van der Waals surface area contributed by atoms with Gasteiger partial charge >= 0.3 is 0 Å². The smallest absolute Gasteiger partial charge is 0.220 e. The average molecular weight is 252 g/mol. The van der Waals surface area contributed by atoms with Gasteiger partial charge in [0.1, 0.15) is 0 Å². The molecule has 0 aromatic heterocycles. The molecule has 1 heterocycles. The molecule has 104 valence electrons. The van der Waals surface area contributed by atoms with Gasteiger partial charge in [-0.05, 0) is 58.2 Å². The number of piperidine rings is 1. The Morgan fingerprint density at radius 1 is 1.11 bits per heavy atom. The van der Waals surface area contributed by atoms with Gasteiger partial charge in [0.15, 0.2) is 0 Å². The first-order chi connectivity index (χ1) is 8.74. The fraction of sp³-hybridized carbons (Fsp3) is 0.933. The molecule has 1 saturated carbocycles. The van der Waals surface area contributed by atoms with Gasteiger partial charge in [0.25, 0.3) is 0 Å². The Kier molecular flexibility index (Phi) is 5.48. The van der Waals surface area contributed by atoms with Gasteiger partial charge in [-0.25, -0.2) is 0 Å². The molecule has 2 fully saturated rings. The van der Waals surface area contributed by atoms with E-state index in [0.717, 1.165) is 18.8 Å². The molecule has 1 aliphatic carbocycles. The predicted octanol–water partition coefficient (Wildman–Crippen LogP) is 2.56. The third kappa shape index (κ3) is 4.60. The van der Waals surface area contributed by atoms with Crippen molar-refractivity contribution in [3.8, 4) is 0 Å². The number of carbonyl (C=O) groups excluding carboxylic acids is 1. The molecule has 2 aliphatic rings. The van der Waals surface area contributed by atoms with Gasteiger partial charge in [0.05, 0.1) is 0 Å². The Morgan fingerprint density at radius 2 is 1.78 bits per heavy atom. The van der Waals surface area contributed by atoms with Gasteiger partial charge in [-0.3, -0.25) is 4.79 Å². The molecular formula is C15H28N2O. The topological polar surface area (TPSA) is 32.3 Å². The van der Waals surface area contributed by atoms with Crippen molar-refractivity contribution in [2.24, 2.45) is 5.92 Å². The molecule has 0 aromatic carbocycles. The van der Waals surface area contributed by atoms with Crippen molar-refractivity contribution in [3.05, 3.63) is 0 Å². The van der Waals surface area contributed by atoms with Crippen LogP contribution in [-0.2, 0) is 4.79 Å². The summed E-state index contributed by atoms with van der Waals surface area (Å²) in [6.45, 7) is 2.41. The first kappa shape index (κ1) is 13.9. The van der Waals surface area contributed by atoms with Gasteiger partial charge < -0.3 is 10.2 Å². The molecular weight excluding hydrogens is 224 g/mol. The minimum Gasteiger partial charge on any atom is -0.353 e. The number of carbonyl (C=O) groups is 1. The number of hydrogen-bond donors (Lipinski definition) is 1. The monoisotopic (exact) mass is 252 g/mol. The molecule has 0 unspecified atom stereocenters. The second-order valence-electron chi connectivity index (χ2n) is 6.19. The Balaban J connectivity index is 1.59. The molecule has 0 aromatic rings. The predicted molar refractivity (Wildman–Crippen MR) is 74.5 cm³/mol. The average Bonchev–Trinajstić information content (AvgIpc) is 2.39. The van der Waals surface area contributed by atoms with Crippen LogP contribution in [0.25, 0.3) is 0 Å². The summed E-state index contributed by atoms with van der Waals surface area (Å²) in [4.78, 5) is 14.3. The Morgan fingerprint density at radius 3 is 2.44 bits per heavy atom. The van der Waals surface area contributed by atoms with Crippen LogP contribution in [0, 0.1) is 5.92 Å². The second-order valence-corrected chi connectivity index (χ2v) is 6.19. The summed E-state index contributed by atoms with van der Waals surface area (Å²) in [5.41, 5.74) is 0. The van der Waals surface area contributed by atoms with Crippen molar-refractivity contribution >= 4 is 5.91 Å². The van der Waals surface area contributed by atoms with Crippen molar-refractivity contribution in [2.75, 3.05) is 20.1 Å². The molecule has 0 radical (unpaired) electrons. The van der Waals surface area contributed by atoms with Crippen molar-refractivity contribution in [1.29, 1.82) is 0 Å². The maximum Gasteiger partial charge on any atom is 0.220 e. The first-order valence-electron chi connectivity index (χ1n) is 7.72. The van der Waals surface area contributed by atoms with Crippen molar-refractivity contribution in [2.45, 2.75) is 63.8 Å². The Bertz CT molecular complexity index is 253. The summed E-state index contributed by atoms with van der Waals surface area (Å²) in [7, 11) is 2.19. The van der Waals surface area contributed by atoms with Crippen LogP contribution < -0.4 is 5.32 Å². The minimum absolute atomic E-state index is 0.292. The molecule has 3 heteroatoms. The fourth-order valence-electron chi connectivity index (χ4n) is 3.23. The third-order valence-corrected chi connectivity index (χ3v) is 4.59. The SMILES string of the molecule is CN1CCC(CCC(=O)NC2CCCCC2)CC1. The molecule has 0 spiro atoms. The van der Waals surface area contributed by atoms with E-state index in [9.17, 15) is 4.79 Å². The summed E-state index contributed by atoms with van der Waals surface area (Å²) in [5, 5.41) is 3.22. The summed E-state index contributed by atoms with van der Waals surface area (Å²) in [6, 6.07) is 0.476. The standard InChI is InChI=1S/C15H28N2O/c1-17-11-9-13(10-12-17)7-8-15(18)16-14-5-3-2-4-6-14/h13-14H,2-12H2,1H3,(H,16,18). The van der Waals surface area contributed by atoms with Crippen molar-refractivity contribution < 1.29 is 4.79 Å². The quantitative estimate of drug-likeness (QED) is 0.834. The maximum absolute atomic E-state index is 11.9. The Labute approximate surface area is 111 Å². The van der Waals surface area contributed by atoms with Crippen LogP contribution in [0.15, 0.2) is 0 Å². The van der Waals surface area contributed by atoms with E-state index in [4.69, 9.17) is 0 Å². The second kappa shape index (κ2) is 7.13. The molecule has 0 atom stereocenters. The van der Waals surface area contributed by atoms with E-state index in [1.165, 1.54) is 58.0 Å². The van der Waals surface area contributed by atoms with E-state index >= 15 is 0 Å². The van der Waals surface area contributed by atoms with Gasteiger partial charge in [0, 0.05) is 12.5 Å². The number of amides is 1. The maximum atomic E-state index is 11.9. The molecule has 2 rings (SSSR count). The van der Waals surface area contributed by atoms with E-state index in [-0.39, 0.29) is 0 Å². The van der Waals surface area contributed by atoms with E-state index in [1.807, 2.05) is 0 Å². The zero-order valence-electron chi connectivity index (χ0n) is 11.8. The van der Waals surface area contributed by atoms with Crippen LogP contribution in [0.5, 0.6) is 0 Å². The number of likely N-dealkylation sites (tertiary alicyclic amines) is 1. The van der Waals surface area contributed by atoms with Crippen LogP contribution in [0.3, 0.4) is 0 Å². The molecule has 0 bridgehead atoms. The molecule has 1 N–H and O–H groups in total. The first-order valence-corrected chi connectivity index (χ1v) is 7.72. The minimum atomic E-state index is 0.292. The largest absolute Gasteiger partial charge is 0.353 e. The van der Waals surface area contributed by atoms with E-state index in [2.05, 4.69) is 17.3 Å². The lowest BCUT2D eigenvalue weighted by molar-refractivity contribution is -0.122. The highest BCUT2D eigenvalue weighted by atomic mass is 16.1. The van der Waals surface area contributed by atoms with Gasteiger partial charge in [-0.2, -0.15) is 0 Å². The van der Waals surface area contributed by atoms with E-state index in [0.29, 0.717) is 11.9 Å². The van der Waals surface area contributed by atoms with E-state index in [1.54, 1.807) is 0 Å². The lowest BCUT2D eigenvalue weighted by atomic mass is 9.92. The van der Waals surface area contributed by atoms with Crippen LogP contribution in [0.4, 0.5) is 0 Å². The molecule has 3 nitrogen and oxygen atoms in total. The van der Waals surface area contributed by atoms with Gasteiger partial charge in [0.2, 0.25) is 5.91 Å². The van der Waals surface area contributed by atoms with Crippen molar-refractivity contribution in [1.82, 2.24) is 10.2 Å². The lowest BCUT2D eigenvalue weighted by Gasteiger charge is -2.29. The van der Waals surface area contributed by atoms with Gasteiger partial charge in [-0.1, -0.05) is 19.3 Å². The highest BCUT2D eigenvalue weighted by Gasteiger charge is 2.19. The molecule has 18 heavy (non-hydrogen) atoms. The summed E-state index contributed by atoms with van der Waals surface area (Å²) in [5.74, 6) is 1.07. The van der Waals surface area contributed by atoms with Crippen LogP contribution in [0.1, 0.15) is 57.8 Å². The van der Waals surface area contributed by atoms with Crippen LogP contribution >= 0.6 is 0 Å². The Hall–Kier alpha value is -0.570. The summed E-state index contributed by atoms with van der Waals surface area (Å²) < 4.78 is 0. The molecule has 1 aliphatic heterocycles. The van der Waals surface area contributed by atoms with E-state index < -0.39 is 0 Å². The number of hydrogen-bond acceptors (Lipinski definition) is 2. The van der Waals surface area contributed by atoms with Crippen LogP contribution in [-0.4, -0.2) is 37.0 Å². The number of rotatable bonds is 4. The zero-order chi connectivity index (χ0) is 12.8. The molecule has 1 amide bonds. The summed E-state index contributed by atoms with van der Waals surface area (Å²) in [6.07, 6.45) is 10.7. The van der Waals surface area contributed by atoms with Crippen LogP contribution in [0.2, 0.25) is 0 Å². The summed E-state index contributed by atoms with van der Waals surface area (Å²) >= 11 is 0.